The molecular weight excluding hydrogens is 252 g/mol. The molecule has 1 aliphatic rings. The van der Waals surface area contributed by atoms with E-state index in [0.717, 1.165) is 12.5 Å². The number of hydrogen-bond donors (Lipinski definition) is 1. The van der Waals surface area contributed by atoms with Crippen LogP contribution in [0.2, 0.25) is 0 Å². The minimum atomic E-state index is 0.285. The van der Waals surface area contributed by atoms with Gasteiger partial charge in [0.2, 0.25) is 0 Å². The smallest absolute Gasteiger partial charge is 0.0601 e. The fourth-order valence-corrected chi connectivity index (χ4v) is 4.38. The Morgan fingerprint density at radius 1 is 1.42 bits per heavy atom. The Hall–Kier alpha value is -0.380. The van der Waals surface area contributed by atoms with Gasteiger partial charge in [0.05, 0.1) is 6.04 Å². The Balaban J connectivity index is 2.29. The van der Waals surface area contributed by atoms with Gasteiger partial charge in [-0.3, -0.25) is 0 Å². The van der Waals surface area contributed by atoms with Crippen LogP contribution in [0.3, 0.4) is 0 Å². The molecule has 0 radical (unpaired) electrons. The van der Waals surface area contributed by atoms with Crippen molar-refractivity contribution in [3.63, 3.8) is 0 Å². The Labute approximate surface area is 122 Å². The summed E-state index contributed by atoms with van der Waals surface area (Å²) in [5.41, 5.74) is 0.285. The minimum absolute atomic E-state index is 0.285. The molecule has 0 aromatic carbocycles. The van der Waals surface area contributed by atoms with Crippen LogP contribution in [0.25, 0.3) is 0 Å². The zero-order valence-electron chi connectivity index (χ0n) is 12.8. The lowest BCUT2D eigenvalue weighted by Crippen LogP contribution is -2.55. The van der Waals surface area contributed by atoms with Gasteiger partial charge >= 0.3 is 0 Å². The third kappa shape index (κ3) is 3.04. The van der Waals surface area contributed by atoms with Gasteiger partial charge in [-0.15, -0.1) is 11.3 Å². The Bertz CT molecular complexity index is 364. The maximum absolute atomic E-state index is 3.76. The van der Waals surface area contributed by atoms with E-state index in [1.807, 2.05) is 11.3 Å². The Morgan fingerprint density at radius 3 is 2.58 bits per heavy atom. The molecule has 108 valence electrons. The topological polar surface area (TPSA) is 15.3 Å². The van der Waals surface area contributed by atoms with Crippen molar-refractivity contribution in [1.82, 2.24) is 10.2 Å². The van der Waals surface area contributed by atoms with Gasteiger partial charge in [0.1, 0.15) is 0 Å². The molecule has 2 nitrogen and oxygen atoms in total. The van der Waals surface area contributed by atoms with E-state index >= 15 is 0 Å². The van der Waals surface area contributed by atoms with E-state index in [1.165, 1.54) is 30.6 Å². The molecule has 1 atom stereocenters. The van der Waals surface area contributed by atoms with Gasteiger partial charge in [0, 0.05) is 10.4 Å². The highest BCUT2D eigenvalue weighted by molar-refractivity contribution is 7.10. The second-order valence-electron chi connectivity index (χ2n) is 6.19. The van der Waals surface area contributed by atoms with Gasteiger partial charge < -0.3 is 10.2 Å². The first-order valence-electron chi connectivity index (χ1n) is 7.54. The van der Waals surface area contributed by atoms with Crippen molar-refractivity contribution in [3.05, 3.63) is 22.4 Å². The van der Waals surface area contributed by atoms with Crippen LogP contribution < -0.4 is 5.32 Å². The Morgan fingerprint density at radius 2 is 2.11 bits per heavy atom. The second kappa shape index (κ2) is 6.38. The standard InChI is InChI=1S/C16H28N2S/c1-5-17-15(14-7-6-12-19-14)16(18(3)4)10-8-13(2)9-11-16/h6-7,12-13,15,17H,5,8-11H2,1-4H3. The fraction of sp³-hybridized carbons (Fsp3) is 0.750. The predicted octanol–water partition coefficient (Wildman–Crippen LogP) is 3.91. The van der Waals surface area contributed by atoms with Crippen LogP contribution >= 0.6 is 11.3 Å². The van der Waals surface area contributed by atoms with Crippen LogP contribution in [0.5, 0.6) is 0 Å². The van der Waals surface area contributed by atoms with E-state index in [2.05, 4.69) is 55.7 Å². The Kier molecular flexibility index (Phi) is 5.04. The summed E-state index contributed by atoms with van der Waals surface area (Å²) in [6.45, 7) is 5.65. The molecule has 3 heteroatoms. The van der Waals surface area contributed by atoms with Gasteiger partial charge in [0.25, 0.3) is 0 Å². The van der Waals surface area contributed by atoms with E-state index in [9.17, 15) is 0 Å². The van der Waals surface area contributed by atoms with E-state index in [1.54, 1.807) is 0 Å². The lowest BCUT2D eigenvalue weighted by Gasteiger charge is -2.49. The molecule has 0 amide bonds. The van der Waals surface area contributed by atoms with Crippen molar-refractivity contribution in [2.45, 2.75) is 51.1 Å². The molecular formula is C16H28N2S. The molecule has 19 heavy (non-hydrogen) atoms. The fourth-order valence-electron chi connectivity index (χ4n) is 3.47. The number of hydrogen-bond acceptors (Lipinski definition) is 3. The predicted molar refractivity (Wildman–Crippen MR) is 84.8 cm³/mol. The summed E-state index contributed by atoms with van der Waals surface area (Å²) in [6.07, 6.45) is 5.31. The molecule has 1 heterocycles. The summed E-state index contributed by atoms with van der Waals surface area (Å²) in [4.78, 5) is 3.97. The van der Waals surface area contributed by atoms with Crippen LogP contribution in [0.15, 0.2) is 17.5 Å². The molecule has 1 aromatic heterocycles. The van der Waals surface area contributed by atoms with E-state index < -0.39 is 0 Å². The quantitative estimate of drug-likeness (QED) is 0.879. The second-order valence-corrected chi connectivity index (χ2v) is 7.17. The van der Waals surface area contributed by atoms with Crippen LogP contribution in [0.1, 0.15) is 50.4 Å². The molecule has 0 spiro atoms. The minimum Gasteiger partial charge on any atom is -0.308 e. The number of nitrogens with one attached hydrogen (secondary N) is 1. The lowest BCUT2D eigenvalue weighted by molar-refractivity contribution is 0.0446. The summed E-state index contributed by atoms with van der Waals surface area (Å²) < 4.78 is 0. The van der Waals surface area contributed by atoms with Crippen molar-refractivity contribution in [1.29, 1.82) is 0 Å². The SMILES string of the molecule is CCNC(c1cccs1)C1(N(C)C)CCC(C)CC1. The zero-order valence-corrected chi connectivity index (χ0v) is 13.6. The van der Waals surface area contributed by atoms with Gasteiger partial charge in [-0.25, -0.2) is 0 Å². The number of likely N-dealkylation sites (N-methyl/N-ethyl adjacent to an activating group) is 2. The average molecular weight is 280 g/mol. The highest BCUT2D eigenvalue weighted by Crippen LogP contribution is 2.44. The number of rotatable bonds is 5. The molecule has 0 aliphatic heterocycles. The largest absolute Gasteiger partial charge is 0.308 e. The van der Waals surface area contributed by atoms with Gasteiger partial charge in [-0.05, 0) is 63.7 Å². The molecule has 0 saturated heterocycles. The van der Waals surface area contributed by atoms with Crippen LogP contribution in [0, 0.1) is 5.92 Å². The first-order valence-corrected chi connectivity index (χ1v) is 8.42. The lowest BCUT2D eigenvalue weighted by atomic mass is 9.71. The third-order valence-corrected chi connectivity index (χ3v) is 5.74. The highest BCUT2D eigenvalue weighted by Gasteiger charge is 2.43. The number of nitrogens with zero attached hydrogens (tertiary/aromatic N) is 1. The molecule has 1 unspecified atom stereocenters. The van der Waals surface area contributed by atoms with Gasteiger partial charge in [0.15, 0.2) is 0 Å². The van der Waals surface area contributed by atoms with Crippen molar-refractivity contribution < 1.29 is 0 Å². The monoisotopic (exact) mass is 280 g/mol. The van der Waals surface area contributed by atoms with Gasteiger partial charge in [-0.1, -0.05) is 19.9 Å². The van der Waals surface area contributed by atoms with E-state index in [0.29, 0.717) is 6.04 Å². The molecule has 1 saturated carbocycles. The van der Waals surface area contributed by atoms with Crippen molar-refractivity contribution >= 4 is 11.3 Å². The van der Waals surface area contributed by atoms with E-state index in [4.69, 9.17) is 0 Å². The average Bonchev–Trinajstić information content (AvgIpc) is 2.91. The summed E-state index contributed by atoms with van der Waals surface area (Å²) in [6, 6.07) is 4.94. The zero-order chi connectivity index (χ0) is 13.9. The summed E-state index contributed by atoms with van der Waals surface area (Å²) in [7, 11) is 4.52. The maximum atomic E-state index is 3.76. The first kappa shape index (κ1) is 15.0. The maximum Gasteiger partial charge on any atom is 0.0601 e. The summed E-state index contributed by atoms with van der Waals surface area (Å²) in [5, 5.41) is 5.96. The molecule has 1 fully saturated rings. The molecule has 1 aromatic rings. The molecule has 1 aliphatic carbocycles. The summed E-state index contributed by atoms with van der Waals surface area (Å²) >= 11 is 1.89. The van der Waals surface area contributed by atoms with Crippen molar-refractivity contribution in [2.24, 2.45) is 5.92 Å². The number of thiophene rings is 1. The molecule has 1 N–H and O–H groups in total. The van der Waals surface area contributed by atoms with Gasteiger partial charge in [-0.2, -0.15) is 0 Å². The highest BCUT2D eigenvalue weighted by atomic mass is 32.1. The molecule has 2 rings (SSSR count). The molecule has 0 bridgehead atoms. The summed E-state index contributed by atoms with van der Waals surface area (Å²) in [5.74, 6) is 0.888. The van der Waals surface area contributed by atoms with Crippen LogP contribution in [-0.2, 0) is 0 Å². The third-order valence-electron chi connectivity index (χ3n) is 4.80. The van der Waals surface area contributed by atoms with Crippen molar-refractivity contribution in [2.75, 3.05) is 20.6 Å². The van der Waals surface area contributed by atoms with E-state index in [-0.39, 0.29) is 5.54 Å². The van der Waals surface area contributed by atoms with Crippen LogP contribution in [0.4, 0.5) is 0 Å². The van der Waals surface area contributed by atoms with Crippen molar-refractivity contribution in [3.8, 4) is 0 Å². The first-order chi connectivity index (χ1) is 9.10. The normalized spacial score (nSPS) is 29.6. The van der Waals surface area contributed by atoms with Crippen LogP contribution in [-0.4, -0.2) is 31.1 Å².